The smallest absolute Gasteiger partial charge is 0.118 e. The van der Waals surface area contributed by atoms with Crippen molar-refractivity contribution in [1.29, 1.82) is 0 Å². The summed E-state index contributed by atoms with van der Waals surface area (Å²) in [5.74, 6) is 0.920. The van der Waals surface area contributed by atoms with Crippen LogP contribution in [-0.4, -0.2) is 36.4 Å². The van der Waals surface area contributed by atoms with Gasteiger partial charge in [-0.2, -0.15) is 0 Å². The Morgan fingerprint density at radius 2 is 1.95 bits per heavy atom. The quantitative estimate of drug-likeness (QED) is 0.745. The second-order valence-electron chi connectivity index (χ2n) is 4.72. The van der Waals surface area contributed by atoms with Gasteiger partial charge in [0.25, 0.3) is 0 Å². The van der Waals surface area contributed by atoms with Crippen molar-refractivity contribution in [3.8, 4) is 5.75 Å². The third-order valence-corrected chi connectivity index (χ3v) is 4.79. The third-order valence-electron chi connectivity index (χ3n) is 3.34. The van der Waals surface area contributed by atoms with E-state index >= 15 is 0 Å². The van der Waals surface area contributed by atoms with Crippen molar-refractivity contribution >= 4 is 11.9 Å². The molecule has 106 valence electrons. The van der Waals surface area contributed by atoms with Crippen LogP contribution in [0, 0.1) is 0 Å². The van der Waals surface area contributed by atoms with Gasteiger partial charge in [-0.25, -0.2) is 4.31 Å². The molecule has 0 atom stereocenters. The minimum Gasteiger partial charge on any atom is -0.497 e. The normalized spacial score (nSPS) is 16.8. The largest absolute Gasteiger partial charge is 0.497 e. The summed E-state index contributed by atoms with van der Waals surface area (Å²) in [7, 11) is 1.70. The van der Waals surface area contributed by atoms with Crippen LogP contribution >= 0.6 is 11.9 Å². The van der Waals surface area contributed by atoms with Gasteiger partial charge in [-0.1, -0.05) is 31.0 Å². The van der Waals surface area contributed by atoms with Gasteiger partial charge in [-0.15, -0.1) is 0 Å². The predicted molar refractivity (Wildman–Crippen MR) is 80.5 cm³/mol. The fourth-order valence-electron chi connectivity index (χ4n) is 2.15. The van der Waals surface area contributed by atoms with E-state index < -0.39 is 0 Å². The van der Waals surface area contributed by atoms with Crippen molar-refractivity contribution in [2.45, 2.75) is 31.6 Å². The Labute approximate surface area is 120 Å². The Bertz CT molecular complexity index is 363. The molecule has 2 rings (SSSR count). The molecule has 0 bridgehead atoms. The van der Waals surface area contributed by atoms with Crippen LogP contribution in [0.3, 0.4) is 0 Å². The second kappa shape index (κ2) is 7.78. The van der Waals surface area contributed by atoms with Crippen molar-refractivity contribution in [2.75, 3.05) is 26.9 Å². The summed E-state index contributed by atoms with van der Waals surface area (Å²) in [5.41, 5.74) is 1.34. The van der Waals surface area contributed by atoms with Crippen molar-refractivity contribution in [1.82, 2.24) is 4.31 Å². The fourth-order valence-corrected chi connectivity index (χ4v) is 3.35. The van der Waals surface area contributed by atoms with Gasteiger partial charge >= 0.3 is 0 Å². The standard InChI is InChI=1S/C15H23NO2S/c1-3-16(19-15-8-10-18-11-9-15)12-13-4-6-14(17-2)7-5-13/h4-7,15H,3,8-12H2,1-2H3. The maximum Gasteiger partial charge on any atom is 0.118 e. The third kappa shape index (κ3) is 4.71. The summed E-state index contributed by atoms with van der Waals surface area (Å²) in [6, 6.07) is 8.35. The summed E-state index contributed by atoms with van der Waals surface area (Å²) in [6.45, 7) is 6.10. The molecule has 0 spiro atoms. The van der Waals surface area contributed by atoms with Crippen molar-refractivity contribution in [3.63, 3.8) is 0 Å². The zero-order valence-electron chi connectivity index (χ0n) is 11.8. The molecule has 0 aromatic heterocycles. The van der Waals surface area contributed by atoms with E-state index in [4.69, 9.17) is 9.47 Å². The van der Waals surface area contributed by atoms with E-state index in [1.807, 2.05) is 24.1 Å². The summed E-state index contributed by atoms with van der Waals surface area (Å²) in [5, 5.41) is 0.715. The molecule has 0 unspecified atom stereocenters. The van der Waals surface area contributed by atoms with Gasteiger partial charge in [0.1, 0.15) is 5.75 Å². The molecule has 1 aliphatic heterocycles. The molecule has 1 aliphatic rings. The molecular weight excluding hydrogens is 258 g/mol. The maximum absolute atomic E-state index is 5.41. The van der Waals surface area contributed by atoms with Crippen molar-refractivity contribution in [2.24, 2.45) is 0 Å². The Balaban J connectivity index is 1.86. The van der Waals surface area contributed by atoms with E-state index in [0.29, 0.717) is 5.25 Å². The van der Waals surface area contributed by atoms with Crippen LogP contribution in [-0.2, 0) is 11.3 Å². The van der Waals surface area contributed by atoms with Crippen LogP contribution in [0.25, 0.3) is 0 Å². The predicted octanol–water partition coefficient (Wildman–Crippen LogP) is 3.34. The molecule has 0 N–H and O–H groups in total. The molecule has 4 heteroatoms. The molecule has 1 saturated heterocycles. The zero-order valence-corrected chi connectivity index (χ0v) is 12.6. The molecule has 3 nitrogen and oxygen atoms in total. The van der Waals surface area contributed by atoms with Crippen LogP contribution in [0.4, 0.5) is 0 Å². The van der Waals surface area contributed by atoms with Crippen molar-refractivity contribution < 1.29 is 9.47 Å². The molecule has 19 heavy (non-hydrogen) atoms. The van der Waals surface area contributed by atoms with Crippen LogP contribution in [0.1, 0.15) is 25.3 Å². The van der Waals surface area contributed by atoms with Crippen LogP contribution < -0.4 is 4.74 Å². The number of methoxy groups -OCH3 is 1. The lowest BCUT2D eigenvalue weighted by Crippen LogP contribution is -2.24. The fraction of sp³-hybridized carbons (Fsp3) is 0.600. The summed E-state index contributed by atoms with van der Waals surface area (Å²) >= 11 is 1.99. The van der Waals surface area contributed by atoms with Crippen molar-refractivity contribution in [3.05, 3.63) is 29.8 Å². The van der Waals surface area contributed by atoms with Gasteiger partial charge in [0, 0.05) is 31.6 Å². The van der Waals surface area contributed by atoms with Crippen LogP contribution in [0.5, 0.6) is 5.75 Å². The van der Waals surface area contributed by atoms with E-state index in [2.05, 4.69) is 23.4 Å². The first-order chi connectivity index (χ1) is 9.31. The van der Waals surface area contributed by atoms with E-state index in [-0.39, 0.29) is 0 Å². The number of nitrogens with zero attached hydrogens (tertiary/aromatic N) is 1. The van der Waals surface area contributed by atoms with E-state index in [9.17, 15) is 0 Å². The first kappa shape index (κ1) is 14.7. The summed E-state index contributed by atoms with van der Waals surface area (Å²) in [6.07, 6.45) is 2.34. The molecule has 0 saturated carbocycles. The second-order valence-corrected chi connectivity index (χ2v) is 6.12. The van der Waals surface area contributed by atoms with E-state index in [1.54, 1.807) is 7.11 Å². The SMILES string of the molecule is CCN(Cc1ccc(OC)cc1)SC1CCOCC1. The lowest BCUT2D eigenvalue weighted by Gasteiger charge is -2.28. The minimum atomic E-state index is 0.715. The van der Waals surface area contributed by atoms with Crippen LogP contribution in [0.2, 0.25) is 0 Å². The monoisotopic (exact) mass is 281 g/mol. The number of rotatable bonds is 6. The highest BCUT2D eigenvalue weighted by Gasteiger charge is 2.17. The topological polar surface area (TPSA) is 21.7 Å². The van der Waals surface area contributed by atoms with Gasteiger partial charge in [-0.05, 0) is 30.5 Å². The number of hydrogen-bond acceptors (Lipinski definition) is 4. The number of ether oxygens (including phenoxy) is 2. The highest BCUT2D eigenvalue weighted by molar-refractivity contribution is 7.97. The first-order valence-electron chi connectivity index (χ1n) is 6.94. The molecule has 1 fully saturated rings. The summed E-state index contributed by atoms with van der Waals surface area (Å²) in [4.78, 5) is 0. The van der Waals surface area contributed by atoms with E-state index in [1.165, 1.54) is 18.4 Å². The van der Waals surface area contributed by atoms with Crippen LogP contribution in [0.15, 0.2) is 24.3 Å². The Morgan fingerprint density at radius 3 is 2.53 bits per heavy atom. The first-order valence-corrected chi connectivity index (χ1v) is 7.78. The minimum absolute atomic E-state index is 0.715. The molecular formula is C15H23NO2S. The molecule has 1 heterocycles. The maximum atomic E-state index is 5.41. The molecule has 0 aliphatic carbocycles. The van der Waals surface area contributed by atoms with Gasteiger partial charge in [0.15, 0.2) is 0 Å². The Hall–Kier alpha value is -0.710. The van der Waals surface area contributed by atoms with Gasteiger partial charge in [0.05, 0.1) is 7.11 Å². The summed E-state index contributed by atoms with van der Waals surface area (Å²) < 4.78 is 13.0. The number of benzene rings is 1. The molecule has 1 aromatic carbocycles. The Morgan fingerprint density at radius 1 is 1.26 bits per heavy atom. The van der Waals surface area contributed by atoms with Gasteiger partial charge < -0.3 is 9.47 Å². The van der Waals surface area contributed by atoms with E-state index in [0.717, 1.165) is 32.1 Å². The average molecular weight is 281 g/mol. The highest BCUT2D eigenvalue weighted by Crippen LogP contribution is 2.27. The lowest BCUT2D eigenvalue weighted by atomic mass is 10.2. The zero-order chi connectivity index (χ0) is 13.5. The van der Waals surface area contributed by atoms with Gasteiger partial charge in [0.2, 0.25) is 0 Å². The highest BCUT2D eigenvalue weighted by atomic mass is 32.2. The average Bonchev–Trinajstić information content (AvgIpc) is 2.48. The molecule has 1 aromatic rings. The molecule has 0 radical (unpaired) electrons. The Kier molecular flexibility index (Phi) is 6.01. The lowest BCUT2D eigenvalue weighted by molar-refractivity contribution is 0.0994. The number of hydrogen-bond donors (Lipinski definition) is 0. The van der Waals surface area contributed by atoms with Gasteiger partial charge in [-0.3, -0.25) is 0 Å². The molecule has 0 amide bonds.